The molecule has 0 radical (unpaired) electrons. The van der Waals surface area contributed by atoms with Crippen LogP contribution in [0.15, 0.2) is 18.2 Å². The number of benzene rings is 1. The van der Waals surface area contributed by atoms with Crippen molar-refractivity contribution < 1.29 is 9.66 Å². The molecule has 0 amide bonds. The van der Waals surface area contributed by atoms with E-state index in [-0.39, 0.29) is 5.69 Å². The summed E-state index contributed by atoms with van der Waals surface area (Å²) in [6.45, 7) is 4.65. The zero-order valence-corrected chi connectivity index (χ0v) is 10.4. The van der Waals surface area contributed by atoms with E-state index >= 15 is 0 Å². The molecule has 0 atom stereocenters. The lowest BCUT2D eigenvalue weighted by molar-refractivity contribution is -0.384. The molecule has 1 aromatic rings. The van der Waals surface area contributed by atoms with Gasteiger partial charge in [-0.05, 0) is 18.2 Å². The van der Waals surface area contributed by atoms with Gasteiger partial charge in [0.2, 0.25) is 0 Å². The van der Waals surface area contributed by atoms with Gasteiger partial charge in [-0.25, -0.2) is 0 Å². The highest BCUT2D eigenvalue weighted by Gasteiger charge is 2.09. The molecule has 0 aliphatic rings. The van der Waals surface area contributed by atoms with Gasteiger partial charge in [-0.3, -0.25) is 10.1 Å². The Bertz CT molecular complexity index is 385. The summed E-state index contributed by atoms with van der Waals surface area (Å²) >= 11 is 5.91. The molecule has 6 heteroatoms. The maximum atomic E-state index is 10.5. The van der Waals surface area contributed by atoms with Gasteiger partial charge in [-0.2, -0.15) is 0 Å². The highest BCUT2D eigenvalue weighted by molar-refractivity contribution is 6.31. The number of halogens is 1. The molecule has 0 saturated heterocycles. The van der Waals surface area contributed by atoms with Crippen molar-refractivity contribution in [3.8, 4) is 0 Å². The largest absolute Gasteiger partial charge is 0.375 e. The fraction of sp³-hybridized carbons (Fsp3) is 0.455. The van der Waals surface area contributed by atoms with Gasteiger partial charge < -0.3 is 10.1 Å². The Kier molecular flexibility index (Phi) is 5.90. The van der Waals surface area contributed by atoms with Gasteiger partial charge in [0.1, 0.15) is 0 Å². The Hall–Kier alpha value is -1.17. The Balaban J connectivity index is 2.46. The van der Waals surface area contributed by atoms with Crippen molar-refractivity contribution in [2.24, 2.45) is 0 Å². The van der Waals surface area contributed by atoms with E-state index in [0.29, 0.717) is 18.2 Å². The van der Waals surface area contributed by atoms with Crippen LogP contribution in [-0.2, 0) is 11.3 Å². The van der Waals surface area contributed by atoms with Crippen LogP contribution >= 0.6 is 11.6 Å². The van der Waals surface area contributed by atoms with Crippen molar-refractivity contribution >= 4 is 17.3 Å². The Morgan fingerprint density at radius 1 is 1.53 bits per heavy atom. The number of hydrogen-bond donors (Lipinski definition) is 1. The number of hydrogen-bond acceptors (Lipinski definition) is 4. The molecule has 0 aliphatic carbocycles. The number of nitrogens with zero attached hydrogens (tertiary/aromatic N) is 1. The third-order valence-electron chi connectivity index (χ3n) is 2.18. The predicted octanol–water partition coefficient (Wildman–Crippen LogP) is 2.37. The summed E-state index contributed by atoms with van der Waals surface area (Å²) in [5.74, 6) is 0. The molecule has 0 saturated carbocycles. The average molecular weight is 259 g/mol. The van der Waals surface area contributed by atoms with Gasteiger partial charge in [0.25, 0.3) is 5.69 Å². The maximum Gasteiger partial charge on any atom is 0.270 e. The Morgan fingerprint density at radius 3 is 2.88 bits per heavy atom. The number of nitro groups is 1. The highest BCUT2D eigenvalue weighted by Crippen LogP contribution is 2.22. The van der Waals surface area contributed by atoms with E-state index in [1.165, 1.54) is 12.1 Å². The first kappa shape index (κ1) is 13.9. The molecule has 0 heterocycles. The molecule has 1 N–H and O–H groups in total. The van der Waals surface area contributed by atoms with Crippen LogP contribution in [0.5, 0.6) is 0 Å². The average Bonchev–Trinajstić information content (AvgIpc) is 2.30. The van der Waals surface area contributed by atoms with Crippen molar-refractivity contribution in [2.45, 2.75) is 13.5 Å². The zero-order chi connectivity index (χ0) is 12.7. The third-order valence-corrected chi connectivity index (χ3v) is 2.53. The van der Waals surface area contributed by atoms with Crippen molar-refractivity contribution in [1.82, 2.24) is 5.32 Å². The molecule has 1 aromatic carbocycles. The summed E-state index contributed by atoms with van der Waals surface area (Å²) in [7, 11) is 0. The van der Waals surface area contributed by atoms with Crippen LogP contribution in [0, 0.1) is 10.1 Å². The molecule has 0 bridgehead atoms. The van der Waals surface area contributed by atoms with Gasteiger partial charge in [0.15, 0.2) is 0 Å². The van der Waals surface area contributed by atoms with E-state index in [9.17, 15) is 10.1 Å². The maximum absolute atomic E-state index is 10.5. The monoisotopic (exact) mass is 258 g/mol. The van der Waals surface area contributed by atoms with Crippen LogP contribution in [0.25, 0.3) is 0 Å². The SMILES string of the molecule is CCNCCOCc1ccc([N+](=O)[O-])cc1Cl. The first-order valence-electron chi connectivity index (χ1n) is 5.36. The zero-order valence-electron chi connectivity index (χ0n) is 9.61. The van der Waals surface area contributed by atoms with Gasteiger partial charge in [-0.1, -0.05) is 18.5 Å². The van der Waals surface area contributed by atoms with Crippen molar-refractivity contribution in [3.05, 3.63) is 38.9 Å². The molecule has 0 spiro atoms. The summed E-state index contributed by atoms with van der Waals surface area (Å²) in [5.41, 5.74) is 0.750. The van der Waals surface area contributed by atoms with Gasteiger partial charge in [0.05, 0.1) is 23.2 Å². The summed E-state index contributed by atoms with van der Waals surface area (Å²) in [6.07, 6.45) is 0. The topological polar surface area (TPSA) is 64.4 Å². The fourth-order valence-electron chi connectivity index (χ4n) is 1.27. The minimum atomic E-state index is -0.471. The first-order chi connectivity index (χ1) is 8.15. The fourth-order valence-corrected chi connectivity index (χ4v) is 1.50. The van der Waals surface area contributed by atoms with E-state index in [2.05, 4.69) is 5.32 Å². The molecular formula is C11H15ClN2O3. The summed E-state index contributed by atoms with van der Waals surface area (Å²) in [6, 6.07) is 4.38. The van der Waals surface area contributed by atoms with E-state index in [1.54, 1.807) is 6.07 Å². The molecule has 17 heavy (non-hydrogen) atoms. The van der Waals surface area contributed by atoms with Gasteiger partial charge in [0, 0.05) is 18.7 Å². The minimum Gasteiger partial charge on any atom is -0.375 e. The van der Waals surface area contributed by atoms with Crippen LogP contribution in [0.1, 0.15) is 12.5 Å². The molecule has 5 nitrogen and oxygen atoms in total. The number of ether oxygens (including phenoxy) is 1. The van der Waals surface area contributed by atoms with Crippen LogP contribution in [0.2, 0.25) is 5.02 Å². The van der Waals surface area contributed by atoms with Crippen LogP contribution in [0.4, 0.5) is 5.69 Å². The lowest BCUT2D eigenvalue weighted by Gasteiger charge is -2.06. The lowest BCUT2D eigenvalue weighted by Crippen LogP contribution is -2.18. The third kappa shape index (κ3) is 4.68. The summed E-state index contributed by atoms with van der Waals surface area (Å²) < 4.78 is 5.39. The number of likely N-dealkylation sites (N-methyl/N-ethyl adjacent to an activating group) is 1. The Labute approximate surface area is 105 Å². The van der Waals surface area contributed by atoms with Crippen LogP contribution in [-0.4, -0.2) is 24.6 Å². The lowest BCUT2D eigenvalue weighted by atomic mass is 10.2. The highest BCUT2D eigenvalue weighted by atomic mass is 35.5. The number of nitro benzene ring substituents is 1. The molecule has 94 valence electrons. The quantitative estimate of drug-likeness (QED) is 0.463. The number of non-ortho nitro benzene ring substituents is 1. The van der Waals surface area contributed by atoms with E-state index in [0.717, 1.165) is 18.7 Å². The molecule has 0 fully saturated rings. The second-order valence-corrected chi connectivity index (χ2v) is 3.85. The van der Waals surface area contributed by atoms with E-state index in [1.807, 2.05) is 6.92 Å². The van der Waals surface area contributed by atoms with E-state index < -0.39 is 4.92 Å². The van der Waals surface area contributed by atoms with Crippen molar-refractivity contribution in [1.29, 1.82) is 0 Å². The minimum absolute atomic E-state index is 0.00796. The molecule has 0 aromatic heterocycles. The summed E-state index contributed by atoms with van der Waals surface area (Å²) in [4.78, 5) is 10.0. The van der Waals surface area contributed by atoms with Crippen molar-refractivity contribution in [2.75, 3.05) is 19.7 Å². The Morgan fingerprint density at radius 2 is 2.29 bits per heavy atom. The normalized spacial score (nSPS) is 10.5. The van der Waals surface area contributed by atoms with Gasteiger partial charge in [-0.15, -0.1) is 0 Å². The van der Waals surface area contributed by atoms with Crippen LogP contribution in [0.3, 0.4) is 0 Å². The first-order valence-corrected chi connectivity index (χ1v) is 5.74. The number of rotatable bonds is 7. The molecule has 1 rings (SSSR count). The second-order valence-electron chi connectivity index (χ2n) is 3.44. The van der Waals surface area contributed by atoms with Crippen LogP contribution < -0.4 is 5.32 Å². The number of nitrogens with one attached hydrogen (secondary N) is 1. The predicted molar refractivity (Wildman–Crippen MR) is 66.3 cm³/mol. The smallest absolute Gasteiger partial charge is 0.270 e. The van der Waals surface area contributed by atoms with Gasteiger partial charge >= 0.3 is 0 Å². The molecule has 0 unspecified atom stereocenters. The van der Waals surface area contributed by atoms with Crippen molar-refractivity contribution in [3.63, 3.8) is 0 Å². The standard InChI is InChI=1S/C11H15ClN2O3/c1-2-13-5-6-17-8-9-3-4-10(14(15)16)7-11(9)12/h3-4,7,13H,2,5-6,8H2,1H3. The summed E-state index contributed by atoms with van der Waals surface area (Å²) in [5, 5.41) is 14.0. The second kappa shape index (κ2) is 7.21. The molecule has 0 aliphatic heterocycles. The van der Waals surface area contributed by atoms with E-state index in [4.69, 9.17) is 16.3 Å². The molecular weight excluding hydrogens is 244 g/mol.